The topological polar surface area (TPSA) is 65.5 Å². The number of nitrogens with one attached hydrogen (secondary N) is 1. The van der Waals surface area contributed by atoms with E-state index in [-0.39, 0.29) is 5.91 Å². The van der Waals surface area contributed by atoms with Crippen LogP contribution in [-0.2, 0) is 17.9 Å². The van der Waals surface area contributed by atoms with Crippen molar-refractivity contribution < 1.29 is 9.59 Å². The van der Waals surface area contributed by atoms with Gasteiger partial charge in [-0.3, -0.25) is 14.5 Å². The molecule has 1 atom stereocenters. The molecular formula is C19H22N4O2S. The van der Waals surface area contributed by atoms with E-state index >= 15 is 0 Å². The molecule has 1 aromatic carbocycles. The summed E-state index contributed by atoms with van der Waals surface area (Å²) in [6.07, 6.45) is 1.67. The van der Waals surface area contributed by atoms with Crippen molar-refractivity contribution in [1.29, 1.82) is 0 Å². The first-order valence-electron chi connectivity index (χ1n) is 8.97. The normalized spacial score (nSPS) is 20.2. The van der Waals surface area contributed by atoms with E-state index in [9.17, 15) is 9.59 Å². The largest absolute Gasteiger partial charge is 0.346 e. The fourth-order valence-corrected chi connectivity index (χ4v) is 4.38. The first-order valence-corrected chi connectivity index (χ1v) is 9.85. The van der Waals surface area contributed by atoms with Gasteiger partial charge in [-0.15, -0.1) is 11.3 Å². The Morgan fingerprint density at radius 3 is 2.96 bits per heavy atom. The summed E-state index contributed by atoms with van der Waals surface area (Å²) in [5.41, 5.74) is 1.70. The summed E-state index contributed by atoms with van der Waals surface area (Å²) < 4.78 is 0. The number of thiazole rings is 1. The number of hydrogen-bond acceptors (Lipinski definition) is 5. The quantitative estimate of drug-likeness (QED) is 0.873. The summed E-state index contributed by atoms with van der Waals surface area (Å²) in [7, 11) is 0. The molecule has 7 heteroatoms. The lowest BCUT2D eigenvalue weighted by molar-refractivity contribution is -0.130. The lowest BCUT2D eigenvalue weighted by atomic mass is 10.1. The maximum Gasteiger partial charge on any atom is 0.251 e. The molecule has 0 aliphatic carbocycles. The van der Waals surface area contributed by atoms with Crippen LogP contribution in [0.5, 0.6) is 0 Å². The van der Waals surface area contributed by atoms with E-state index in [0.717, 1.165) is 43.3 Å². The zero-order chi connectivity index (χ0) is 17.9. The van der Waals surface area contributed by atoms with Crippen LogP contribution in [0.3, 0.4) is 0 Å². The minimum Gasteiger partial charge on any atom is -0.346 e. The number of piperazine rings is 1. The lowest BCUT2D eigenvalue weighted by Crippen LogP contribution is -2.50. The van der Waals surface area contributed by atoms with E-state index < -0.39 is 0 Å². The number of aromatic nitrogens is 1. The molecule has 4 rings (SSSR count). The van der Waals surface area contributed by atoms with Gasteiger partial charge in [0.25, 0.3) is 5.91 Å². The summed E-state index contributed by atoms with van der Waals surface area (Å²) in [6, 6.07) is 9.58. The second kappa shape index (κ2) is 7.55. The van der Waals surface area contributed by atoms with Gasteiger partial charge in [0.15, 0.2) is 0 Å². The van der Waals surface area contributed by atoms with E-state index in [0.29, 0.717) is 30.5 Å². The first kappa shape index (κ1) is 17.2. The van der Waals surface area contributed by atoms with Crippen molar-refractivity contribution in [3.05, 3.63) is 52.0 Å². The third-order valence-corrected chi connectivity index (χ3v) is 5.90. The van der Waals surface area contributed by atoms with Crippen molar-refractivity contribution in [1.82, 2.24) is 20.1 Å². The van der Waals surface area contributed by atoms with Gasteiger partial charge < -0.3 is 10.2 Å². The average Bonchev–Trinajstić information content (AvgIpc) is 3.27. The molecule has 2 amide bonds. The van der Waals surface area contributed by atoms with E-state index in [2.05, 4.69) is 20.6 Å². The highest BCUT2D eigenvalue weighted by Crippen LogP contribution is 2.24. The maximum atomic E-state index is 12.1. The molecule has 0 spiro atoms. The molecule has 2 aromatic rings. The van der Waals surface area contributed by atoms with Gasteiger partial charge in [-0.25, -0.2) is 4.98 Å². The molecule has 2 aliphatic rings. The lowest BCUT2D eigenvalue weighted by Gasteiger charge is -2.37. The van der Waals surface area contributed by atoms with Crippen molar-refractivity contribution in [2.45, 2.75) is 32.0 Å². The second-order valence-corrected chi connectivity index (χ2v) is 7.74. The molecule has 0 radical (unpaired) electrons. The number of rotatable bonds is 5. The Morgan fingerprint density at radius 2 is 2.12 bits per heavy atom. The van der Waals surface area contributed by atoms with Crippen molar-refractivity contribution in [3.63, 3.8) is 0 Å². The highest BCUT2D eigenvalue weighted by Gasteiger charge is 2.35. The Morgan fingerprint density at radius 1 is 1.27 bits per heavy atom. The molecule has 1 aromatic heterocycles. The Bertz CT molecular complexity index is 792. The highest BCUT2D eigenvalue weighted by atomic mass is 32.1. The number of nitrogens with zero attached hydrogens (tertiary/aromatic N) is 3. The van der Waals surface area contributed by atoms with E-state index in [1.54, 1.807) is 23.5 Å². The van der Waals surface area contributed by atoms with Gasteiger partial charge in [0.1, 0.15) is 5.01 Å². The van der Waals surface area contributed by atoms with Crippen LogP contribution in [0.15, 0.2) is 35.7 Å². The van der Waals surface area contributed by atoms with Crippen LogP contribution in [0.25, 0.3) is 0 Å². The maximum absolute atomic E-state index is 12.1. The van der Waals surface area contributed by atoms with Gasteiger partial charge in [-0.2, -0.15) is 0 Å². The van der Waals surface area contributed by atoms with Crippen LogP contribution in [0.4, 0.5) is 0 Å². The summed E-state index contributed by atoms with van der Waals surface area (Å²) in [6.45, 7) is 3.92. The van der Waals surface area contributed by atoms with Crippen LogP contribution in [-0.4, -0.2) is 52.3 Å². The fourth-order valence-electron chi connectivity index (χ4n) is 3.65. The Hall–Kier alpha value is -2.25. The molecule has 26 heavy (non-hydrogen) atoms. The molecule has 1 unspecified atom stereocenters. The molecule has 2 saturated heterocycles. The summed E-state index contributed by atoms with van der Waals surface area (Å²) in [5.74, 6) is 0.226. The van der Waals surface area contributed by atoms with Crippen molar-refractivity contribution >= 4 is 23.2 Å². The molecule has 6 nitrogen and oxygen atoms in total. The van der Waals surface area contributed by atoms with Crippen molar-refractivity contribution in [2.75, 3.05) is 19.6 Å². The number of fused-ring (bicyclic) bond motifs is 1. The van der Waals surface area contributed by atoms with E-state index in [4.69, 9.17) is 0 Å². The van der Waals surface area contributed by atoms with E-state index in [1.807, 2.05) is 23.1 Å². The third-order valence-electron chi connectivity index (χ3n) is 5.00. The number of carbonyl (C=O) groups excluding carboxylic acids is 2. The first-order chi connectivity index (χ1) is 12.7. The standard InChI is InChI=1S/C19H22N4O2S/c24-18-7-6-16-12-22(8-9-23(16)18)11-15-13-26-17(21-15)10-20-19(25)14-4-2-1-3-5-14/h1-5,13,16H,6-12H2,(H,20,25). The molecule has 0 bridgehead atoms. The van der Waals surface area contributed by atoms with Crippen LogP contribution in [0.1, 0.15) is 33.9 Å². The van der Waals surface area contributed by atoms with Gasteiger partial charge in [0.2, 0.25) is 5.91 Å². The minimum absolute atomic E-state index is 0.0793. The van der Waals surface area contributed by atoms with Crippen LogP contribution in [0, 0.1) is 0 Å². The smallest absolute Gasteiger partial charge is 0.251 e. The monoisotopic (exact) mass is 370 g/mol. The number of carbonyl (C=O) groups is 2. The minimum atomic E-state index is -0.0793. The van der Waals surface area contributed by atoms with E-state index in [1.165, 1.54) is 0 Å². The number of amides is 2. The molecule has 2 fully saturated rings. The summed E-state index contributed by atoms with van der Waals surface area (Å²) in [5, 5.41) is 5.90. The molecular weight excluding hydrogens is 348 g/mol. The molecule has 3 heterocycles. The van der Waals surface area contributed by atoms with Gasteiger partial charge in [0.05, 0.1) is 12.2 Å². The SMILES string of the molecule is O=C(NCc1nc(CN2CCN3C(=O)CCC3C2)cs1)c1ccccc1. The number of benzene rings is 1. The fraction of sp³-hybridized carbons (Fsp3) is 0.421. The van der Waals surface area contributed by atoms with Gasteiger partial charge in [-0.1, -0.05) is 18.2 Å². The molecule has 136 valence electrons. The number of hydrogen-bond donors (Lipinski definition) is 1. The predicted octanol–water partition coefficient (Wildman–Crippen LogP) is 1.88. The summed E-state index contributed by atoms with van der Waals surface area (Å²) in [4.78, 5) is 32.9. The molecule has 1 N–H and O–H groups in total. The Kier molecular flexibility index (Phi) is 4.99. The van der Waals surface area contributed by atoms with Gasteiger partial charge in [0, 0.05) is 49.6 Å². The summed E-state index contributed by atoms with van der Waals surface area (Å²) >= 11 is 1.58. The van der Waals surface area contributed by atoms with Crippen molar-refractivity contribution in [2.24, 2.45) is 0 Å². The van der Waals surface area contributed by atoms with Crippen LogP contribution < -0.4 is 5.32 Å². The third kappa shape index (κ3) is 3.78. The van der Waals surface area contributed by atoms with Crippen molar-refractivity contribution in [3.8, 4) is 0 Å². The zero-order valence-electron chi connectivity index (χ0n) is 14.6. The highest BCUT2D eigenvalue weighted by molar-refractivity contribution is 7.09. The van der Waals surface area contributed by atoms with Crippen LogP contribution in [0.2, 0.25) is 0 Å². The van der Waals surface area contributed by atoms with Crippen LogP contribution >= 0.6 is 11.3 Å². The van der Waals surface area contributed by atoms with Gasteiger partial charge >= 0.3 is 0 Å². The second-order valence-electron chi connectivity index (χ2n) is 6.80. The van der Waals surface area contributed by atoms with Gasteiger partial charge in [-0.05, 0) is 18.6 Å². The Balaban J connectivity index is 1.28. The zero-order valence-corrected chi connectivity index (χ0v) is 15.4. The average molecular weight is 370 g/mol. The molecule has 0 saturated carbocycles. The predicted molar refractivity (Wildman–Crippen MR) is 99.7 cm³/mol. The Labute approximate surface area is 156 Å². The molecule has 2 aliphatic heterocycles.